The maximum absolute atomic E-state index is 5.71. The van der Waals surface area contributed by atoms with Crippen LogP contribution < -0.4 is 0 Å². The number of ether oxygens (including phenoxy) is 1. The van der Waals surface area contributed by atoms with Gasteiger partial charge in [0.05, 0.1) is 12.2 Å². The molecule has 1 heteroatoms. The Hall–Kier alpha value is -0.0400. The van der Waals surface area contributed by atoms with Crippen molar-refractivity contribution in [2.24, 2.45) is 17.3 Å². The molecule has 0 unspecified atom stereocenters. The third-order valence-corrected chi connectivity index (χ3v) is 4.57. The first-order chi connectivity index (χ1) is 6.01. The average molecular weight is 182 g/mol. The molecule has 1 aliphatic carbocycles. The van der Waals surface area contributed by atoms with Gasteiger partial charge >= 0.3 is 0 Å². The summed E-state index contributed by atoms with van der Waals surface area (Å²) in [6.07, 6.45) is 3.94. The van der Waals surface area contributed by atoms with Crippen LogP contribution in [0.4, 0.5) is 0 Å². The van der Waals surface area contributed by atoms with Crippen molar-refractivity contribution in [2.75, 3.05) is 6.61 Å². The van der Waals surface area contributed by atoms with Crippen LogP contribution in [0.2, 0.25) is 0 Å². The first kappa shape index (κ1) is 9.51. The molecule has 2 fully saturated rings. The Morgan fingerprint density at radius 2 is 1.46 bits per heavy atom. The lowest BCUT2D eigenvalue weighted by molar-refractivity contribution is -0.264. The van der Waals surface area contributed by atoms with Crippen LogP contribution in [0.1, 0.15) is 47.0 Å². The zero-order chi connectivity index (χ0) is 9.69. The van der Waals surface area contributed by atoms with Gasteiger partial charge in [-0.3, -0.25) is 0 Å². The van der Waals surface area contributed by atoms with Crippen molar-refractivity contribution >= 4 is 0 Å². The molecule has 13 heavy (non-hydrogen) atoms. The highest BCUT2D eigenvalue weighted by molar-refractivity contribution is 5.10. The Morgan fingerprint density at radius 3 is 1.69 bits per heavy atom. The smallest absolute Gasteiger partial charge is 0.0715 e. The third-order valence-electron chi connectivity index (χ3n) is 4.57. The topological polar surface area (TPSA) is 9.23 Å². The zero-order valence-corrected chi connectivity index (χ0v) is 9.39. The van der Waals surface area contributed by atoms with Gasteiger partial charge in [-0.05, 0) is 36.5 Å². The van der Waals surface area contributed by atoms with Crippen LogP contribution in [0.25, 0.3) is 0 Å². The Balaban J connectivity index is 2.04. The highest BCUT2D eigenvalue weighted by Gasteiger charge is 2.60. The molecule has 0 radical (unpaired) electrons. The second-order valence-electron chi connectivity index (χ2n) is 5.68. The fourth-order valence-corrected chi connectivity index (χ4v) is 3.30. The van der Waals surface area contributed by atoms with Crippen LogP contribution in [-0.2, 0) is 4.74 Å². The van der Waals surface area contributed by atoms with E-state index >= 15 is 0 Å². The Morgan fingerprint density at radius 1 is 1.00 bits per heavy atom. The summed E-state index contributed by atoms with van der Waals surface area (Å²) in [7, 11) is 0. The fourth-order valence-electron chi connectivity index (χ4n) is 3.30. The quantitative estimate of drug-likeness (QED) is 0.637. The summed E-state index contributed by atoms with van der Waals surface area (Å²) < 4.78 is 5.71. The van der Waals surface area contributed by atoms with E-state index in [0.717, 1.165) is 18.4 Å². The van der Waals surface area contributed by atoms with E-state index in [4.69, 9.17) is 4.74 Å². The largest absolute Gasteiger partial charge is 0.375 e. The Bertz CT molecular complexity index is 183. The van der Waals surface area contributed by atoms with Gasteiger partial charge in [0.15, 0.2) is 0 Å². The van der Waals surface area contributed by atoms with E-state index in [0.29, 0.717) is 11.0 Å². The molecule has 0 bridgehead atoms. The van der Waals surface area contributed by atoms with E-state index in [1.165, 1.54) is 19.3 Å². The molecule has 0 amide bonds. The van der Waals surface area contributed by atoms with Crippen LogP contribution in [0.15, 0.2) is 0 Å². The van der Waals surface area contributed by atoms with Crippen molar-refractivity contribution in [3.63, 3.8) is 0 Å². The van der Waals surface area contributed by atoms with Crippen LogP contribution in [0.3, 0.4) is 0 Å². The molecule has 0 aromatic carbocycles. The van der Waals surface area contributed by atoms with E-state index in [1.807, 2.05) is 0 Å². The van der Waals surface area contributed by atoms with Crippen molar-refractivity contribution in [3.8, 4) is 0 Å². The maximum atomic E-state index is 5.71. The molecular weight excluding hydrogens is 160 g/mol. The highest BCUT2D eigenvalue weighted by atomic mass is 16.5. The van der Waals surface area contributed by atoms with Gasteiger partial charge in [-0.15, -0.1) is 0 Å². The molecule has 1 heterocycles. The van der Waals surface area contributed by atoms with Gasteiger partial charge in [0.25, 0.3) is 0 Å². The first-order valence-corrected chi connectivity index (χ1v) is 5.65. The second-order valence-corrected chi connectivity index (χ2v) is 5.68. The maximum Gasteiger partial charge on any atom is 0.0715 e. The molecule has 1 saturated heterocycles. The molecule has 1 nitrogen and oxygen atoms in total. The molecule has 1 saturated carbocycles. The van der Waals surface area contributed by atoms with Gasteiger partial charge in [-0.2, -0.15) is 0 Å². The molecule has 0 atom stereocenters. The van der Waals surface area contributed by atoms with E-state index in [-0.39, 0.29) is 0 Å². The van der Waals surface area contributed by atoms with Gasteiger partial charge in [-0.25, -0.2) is 0 Å². The molecule has 2 aliphatic rings. The predicted octanol–water partition coefficient (Wildman–Crippen LogP) is 3.24. The lowest BCUT2D eigenvalue weighted by Gasteiger charge is -2.64. The number of hydrogen-bond donors (Lipinski definition) is 0. The summed E-state index contributed by atoms with van der Waals surface area (Å²) >= 11 is 0. The van der Waals surface area contributed by atoms with Crippen molar-refractivity contribution in [3.05, 3.63) is 0 Å². The van der Waals surface area contributed by atoms with Gasteiger partial charge in [-0.1, -0.05) is 27.7 Å². The molecule has 2 rings (SSSR count). The van der Waals surface area contributed by atoms with E-state index < -0.39 is 0 Å². The number of rotatable bonds is 2. The summed E-state index contributed by atoms with van der Waals surface area (Å²) in [6, 6.07) is 0. The molecule has 0 aromatic rings. The van der Waals surface area contributed by atoms with Gasteiger partial charge in [0.1, 0.15) is 0 Å². The SMILES string of the molecule is CC(C)C1(C(C)C)CC2(CCO2)C1. The van der Waals surface area contributed by atoms with E-state index in [9.17, 15) is 0 Å². The van der Waals surface area contributed by atoms with Gasteiger partial charge < -0.3 is 4.74 Å². The molecule has 1 spiro atoms. The van der Waals surface area contributed by atoms with Crippen molar-refractivity contribution in [2.45, 2.75) is 52.6 Å². The zero-order valence-electron chi connectivity index (χ0n) is 9.39. The summed E-state index contributed by atoms with van der Waals surface area (Å²) in [5.41, 5.74) is 0.926. The van der Waals surface area contributed by atoms with Crippen molar-refractivity contribution in [1.29, 1.82) is 0 Å². The van der Waals surface area contributed by atoms with Crippen molar-refractivity contribution in [1.82, 2.24) is 0 Å². The molecule has 1 aliphatic heterocycles. The second kappa shape index (κ2) is 2.73. The van der Waals surface area contributed by atoms with E-state index in [2.05, 4.69) is 27.7 Å². The van der Waals surface area contributed by atoms with Crippen LogP contribution >= 0.6 is 0 Å². The first-order valence-electron chi connectivity index (χ1n) is 5.65. The predicted molar refractivity (Wildman–Crippen MR) is 54.6 cm³/mol. The fraction of sp³-hybridized carbons (Fsp3) is 1.00. The highest BCUT2D eigenvalue weighted by Crippen LogP contribution is 2.62. The summed E-state index contributed by atoms with van der Waals surface area (Å²) in [5, 5.41) is 0. The normalized spacial score (nSPS) is 29.1. The summed E-state index contributed by atoms with van der Waals surface area (Å²) in [4.78, 5) is 0. The molecule has 0 N–H and O–H groups in total. The Kier molecular flexibility index (Phi) is 1.99. The summed E-state index contributed by atoms with van der Waals surface area (Å²) in [6.45, 7) is 10.5. The number of hydrogen-bond acceptors (Lipinski definition) is 1. The molecule has 76 valence electrons. The van der Waals surface area contributed by atoms with Gasteiger partial charge in [0, 0.05) is 0 Å². The van der Waals surface area contributed by atoms with Crippen molar-refractivity contribution < 1.29 is 4.74 Å². The lowest BCUT2D eigenvalue weighted by atomic mass is 9.48. The average Bonchev–Trinajstić information content (AvgIpc) is 1.78. The van der Waals surface area contributed by atoms with Crippen LogP contribution in [-0.4, -0.2) is 12.2 Å². The van der Waals surface area contributed by atoms with Gasteiger partial charge in [0.2, 0.25) is 0 Å². The molecular formula is C12H22O. The minimum Gasteiger partial charge on any atom is -0.375 e. The minimum atomic E-state index is 0.342. The third kappa shape index (κ3) is 1.16. The minimum absolute atomic E-state index is 0.342. The van der Waals surface area contributed by atoms with Crippen LogP contribution in [0.5, 0.6) is 0 Å². The lowest BCUT2D eigenvalue weighted by Crippen LogP contribution is -2.62. The van der Waals surface area contributed by atoms with E-state index in [1.54, 1.807) is 0 Å². The monoisotopic (exact) mass is 182 g/mol. The summed E-state index contributed by atoms with van der Waals surface area (Å²) in [5.74, 6) is 1.62. The van der Waals surface area contributed by atoms with Crippen LogP contribution in [0, 0.1) is 17.3 Å². The molecule has 0 aromatic heterocycles. The Labute approximate surface area is 81.9 Å². The standard InChI is InChI=1S/C12H22O/c1-9(2)12(10(3)4)7-11(8-12)5-6-13-11/h9-10H,5-8H2,1-4H3.